The minimum atomic E-state index is -0.302. The highest BCUT2D eigenvalue weighted by Crippen LogP contribution is 2.23. The molecule has 0 aliphatic carbocycles. The highest BCUT2D eigenvalue weighted by atomic mass is 16.2. The summed E-state index contributed by atoms with van der Waals surface area (Å²) in [6.45, 7) is 13.5. The number of carbonyl (C=O) groups excluding carboxylic acids is 1. The van der Waals surface area contributed by atoms with Crippen molar-refractivity contribution >= 4 is 5.91 Å². The van der Waals surface area contributed by atoms with E-state index in [4.69, 9.17) is 0 Å². The van der Waals surface area contributed by atoms with Gasteiger partial charge in [-0.15, -0.1) is 0 Å². The van der Waals surface area contributed by atoms with Crippen molar-refractivity contribution in [1.82, 2.24) is 15.1 Å². The van der Waals surface area contributed by atoms with Crippen LogP contribution in [0.4, 0.5) is 0 Å². The normalized spacial score (nSPS) is 30.8. The highest BCUT2D eigenvalue weighted by molar-refractivity contribution is 5.86. The highest BCUT2D eigenvalue weighted by Gasteiger charge is 2.40. The molecule has 1 N–H and O–H groups in total. The number of carbonyl (C=O) groups is 1. The van der Waals surface area contributed by atoms with E-state index in [0.717, 1.165) is 45.6 Å². The Balaban J connectivity index is 1.92. The molecule has 2 rings (SSSR count). The Hall–Kier alpha value is -0.610. The van der Waals surface area contributed by atoms with Crippen LogP contribution >= 0.6 is 0 Å². The van der Waals surface area contributed by atoms with Gasteiger partial charge in [-0.25, -0.2) is 0 Å². The molecule has 18 heavy (non-hydrogen) atoms. The van der Waals surface area contributed by atoms with Crippen molar-refractivity contribution in [3.05, 3.63) is 0 Å². The molecule has 2 heterocycles. The van der Waals surface area contributed by atoms with Gasteiger partial charge in [0.1, 0.15) is 0 Å². The van der Waals surface area contributed by atoms with Gasteiger partial charge in [0.25, 0.3) is 0 Å². The van der Waals surface area contributed by atoms with Gasteiger partial charge in [-0.2, -0.15) is 0 Å². The maximum atomic E-state index is 12.5. The Morgan fingerprint density at radius 2 is 1.78 bits per heavy atom. The molecule has 2 saturated heterocycles. The topological polar surface area (TPSA) is 35.6 Å². The second kappa shape index (κ2) is 4.82. The second-order valence-electron chi connectivity index (χ2n) is 6.81. The van der Waals surface area contributed by atoms with Crippen molar-refractivity contribution in [2.75, 3.05) is 32.7 Å². The van der Waals surface area contributed by atoms with Gasteiger partial charge >= 0.3 is 0 Å². The predicted octanol–water partition coefficient (Wildman–Crippen LogP) is 1.07. The van der Waals surface area contributed by atoms with Crippen molar-refractivity contribution in [3.63, 3.8) is 0 Å². The predicted molar refractivity (Wildman–Crippen MR) is 73.5 cm³/mol. The Morgan fingerprint density at radius 3 is 2.22 bits per heavy atom. The molecular weight excluding hydrogens is 226 g/mol. The zero-order chi connectivity index (χ0) is 13.4. The van der Waals surface area contributed by atoms with E-state index in [1.54, 1.807) is 0 Å². The van der Waals surface area contributed by atoms with Gasteiger partial charge in [-0.3, -0.25) is 9.69 Å². The zero-order valence-electron chi connectivity index (χ0n) is 12.3. The number of hydrogen-bond acceptors (Lipinski definition) is 3. The summed E-state index contributed by atoms with van der Waals surface area (Å²) in [5.74, 6) is 0.300. The van der Waals surface area contributed by atoms with Crippen LogP contribution < -0.4 is 5.32 Å². The maximum absolute atomic E-state index is 12.5. The lowest BCUT2D eigenvalue weighted by Gasteiger charge is -2.44. The molecule has 1 amide bonds. The third-order valence-electron chi connectivity index (χ3n) is 4.36. The molecule has 0 spiro atoms. The number of nitrogens with zero attached hydrogens (tertiary/aromatic N) is 2. The summed E-state index contributed by atoms with van der Waals surface area (Å²) in [6, 6.07) is 0. The summed E-state index contributed by atoms with van der Waals surface area (Å²) in [5, 5.41) is 3.37. The lowest BCUT2D eigenvalue weighted by atomic mass is 9.97. The fourth-order valence-electron chi connectivity index (χ4n) is 3.01. The number of piperazine rings is 1. The molecule has 0 bridgehead atoms. The SMILES string of the molecule is CC1(C(=O)N2CCN(C(C)(C)C)CC2)CCCN1. The first-order chi connectivity index (χ1) is 8.33. The van der Waals surface area contributed by atoms with Crippen LogP contribution in [-0.4, -0.2) is 59.5 Å². The van der Waals surface area contributed by atoms with Gasteiger partial charge in [-0.1, -0.05) is 0 Å². The molecule has 1 atom stereocenters. The van der Waals surface area contributed by atoms with Crippen LogP contribution in [0.3, 0.4) is 0 Å². The fourth-order valence-corrected chi connectivity index (χ4v) is 3.01. The fraction of sp³-hybridized carbons (Fsp3) is 0.929. The summed E-state index contributed by atoms with van der Waals surface area (Å²) in [6.07, 6.45) is 2.09. The lowest BCUT2D eigenvalue weighted by molar-refractivity contribution is -0.139. The van der Waals surface area contributed by atoms with Crippen molar-refractivity contribution in [2.45, 2.75) is 51.6 Å². The monoisotopic (exact) mass is 253 g/mol. The van der Waals surface area contributed by atoms with E-state index in [0.29, 0.717) is 5.91 Å². The van der Waals surface area contributed by atoms with Crippen LogP contribution in [0.5, 0.6) is 0 Å². The molecule has 1 unspecified atom stereocenters. The van der Waals surface area contributed by atoms with E-state index in [-0.39, 0.29) is 11.1 Å². The minimum absolute atomic E-state index is 0.213. The van der Waals surface area contributed by atoms with Crippen LogP contribution in [0.2, 0.25) is 0 Å². The van der Waals surface area contributed by atoms with Gasteiger partial charge in [0.15, 0.2) is 0 Å². The molecule has 4 heteroatoms. The summed E-state index contributed by atoms with van der Waals surface area (Å²) >= 11 is 0. The molecule has 4 nitrogen and oxygen atoms in total. The standard InChI is InChI=1S/C14H27N3O/c1-13(2,3)17-10-8-16(9-11-17)12(18)14(4)6-5-7-15-14/h15H,5-11H2,1-4H3. The van der Waals surface area contributed by atoms with Crippen molar-refractivity contribution in [2.24, 2.45) is 0 Å². The van der Waals surface area contributed by atoms with E-state index in [2.05, 4.69) is 37.9 Å². The van der Waals surface area contributed by atoms with Crippen molar-refractivity contribution < 1.29 is 4.79 Å². The quantitative estimate of drug-likeness (QED) is 0.759. The largest absolute Gasteiger partial charge is 0.339 e. The molecule has 2 aliphatic rings. The van der Waals surface area contributed by atoms with E-state index in [1.165, 1.54) is 0 Å². The molecule has 0 aromatic heterocycles. The Bertz CT molecular complexity index is 307. The smallest absolute Gasteiger partial charge is 0.242 e. The first-order valence-electron chi connectivity index (χ1n) is 7.12. The van der Waals surface area contributed by atoms with Crippen LogP contribution in [0, 0.1) is 0 Å². The number of rotatable bonds is 1. The molecular formula is C14H27N3O. The van der Waals surface area contributed by atoms with Gasteiger partial charge in [0.05, 0.1) is 5.54 Å². The number of nitrogens with one attached hydrogen (secondary N) is 1. The van der Waals surface area contributed by atoms with E-state index < -0.39 is 0 Å². The maximum Gasteiger partial charge on any atom is 0.242 e. The Morgan fingerprint density at radius 1 is 1.17 bits per heavy atom. The first kappa shape index (κ1) is 13.8. The Labute approximate surface area is 111 Å². The van der Waals surface area contributed by atoms with Crippen molar-refractivity contribution in [1.29, 1.82) is 0 Å². The minimum Gasteiger partial charge on any atom is -0.339 e. The summed E-state index contributed by atoms with van der Waals surface area (Å²) in [4.78, 5) is 17.0. The average molecular weight is 253 g/mol. The van der Waals surface area contributed by atoms with Gasteiger partial charge < -0.3 is 10.2 Å². The summed E-state index contributed by atoms with van der Waals surface area (Å²) in [5.41, 5.74) is -0.0887. The molecule has 0 radical (unpaired) electrons. The van der Waals surface area contributed by atoms with Crippen LogP contribution in [0.25, 0.3) is 0 Å². The third-order valence-corrected chi connectivity index (χ3v) is 4.36. The molecule has 2 aliphatic heterocycles. The molecule has 0 saturated carbocycles. The molecule has 0 aromatic carbocycles. The number of hydrogen-bond donors (Lipinski definition) is 1. The molecule has 0 aromatic rings. The van der Waals surface area contributed by atoms with E-state index >= 15 is 0 Å². The molecule has 104 valence electrons. The van der Waals surface area contributed by atoms with Gasteiger partial charge in [0, 0.05) is 31.7 Å². The average Bonchev–Trinajstić information content (AvgIpc) is 2.75. The van der Waals surface area contributed by atoms with E-state index in [9.17, 15) is 4.79 Å². The lowest BCUT2D eigenvalue weighted by Crippen LogP contribution is -2.60. The van der Waals surface area contributed by atoms with Crippen LogP contribution in [-0.2, 0) is 4.79 Å². The van der Waals surface area contributed by atoms with Crippen molar-refractivity contribution in [3.8, 4) is 0 Å². The summed E-state index contributed by atoms with van der Waals surface area (Å²) < 4.78 is 0. The second-order valence-corrected chi connectivity index (χ2v) is 6.81. The Kier molecular flexibility index (Phi) is 3.70. The van der Waals surface area contributed by atoms with Gasteiger partial charge in [0.2, 0.25) is 5.91 Å². The van der Waals surface area contributed by atoms with Crippen LogP contribution in [0.15, 0.2) is 0 Å². The number of amides is 1. The van der Waals surface area contributed by atoms with Crippen LogP contribution in [0.1, 0.15) is 40.5 Å². The molecule has 2 fully saturated rings. The van der Waals surface area contributed by atoms with E-state index in [1.807, 2.05) is 4.90 Å². The third kappa shape index (κ3) is 2.69. The summed E-state index contributed by atoms with van der Waals surface area (Å²) in [7, 11) is 0. The van der Waals surface area contributed by atoms with Gasteiger partial charge in [-0.05, 0) is 47.1 Å². The first-order valence-corrected chi connectivity index (χ1v) is 7.12. The zero-order valence-corrected chi connectivity index (χ0v) is 12.3.